The number of nitro groups is 1. The van der Waals surface area contributed by atoms with Crippen molar-refractivity contribution in [2.24, 2.45) is 5.92 Å². The van der Waals surface area contributed by atoms with Gasteiger partial charge in [-0.3, -0.25) is 15.0 Å². The molecular formula is C13H19ClFN3O2. The Morgan fingerprint density at radius 2 is 2.30 bits per heavy atom. The van der Waals surface area contributed by atoms with Crippen LogP contribution in [0.25, 0.3) is 0 Å². The Kier molecular flexibility index (Phi) is 6.32. The zero-order valence-corrected chi connectivity index (χ0v) is 12.2. The highest BCUT2D eigenvalue weighted by atomic mass is 35.5. The van der Waals surface area contributed by atoms with Crippen LogP contribution in [-0.2, 0) is 6.54 Å². The van der Waals surface area contributed by atoms with Crippen molar-refractivity contribution in [3.8, 4) is 0 Å². The molecule has 1 saturated heterocycles. The van der Waals surface area contributed by atoms with E-state index in [2.05, 4.69) is 10.2 Å². The molecule has 1 heterocycles. The average Bonchev–Trinajstić information content (AvgIpc) is 2.79. The lowest BCUT2D eigenvalue weighted by Crippen LogP contribution is -2.24. The van der Waals surface area contributed by atoms with E-state index < -0.39 is 10.7 Å². The summed E-state index contributed by atoms with van der Waals surface area (Å²) in [4.78, 5) is 12.2. The minimum Gasteiger partial charge on any atom is -0.319 e. The number of halogens is 2. The van der Waals surface area contributed by atoms with Crippen LogP contribution in [0.5, 0.6) is 0 Å². The minimum atomic E-state index is -0.578. The van der Waals surface area contributed by atoms with Gasteiger partial charge in [-0.25, -0.2) is 4.39 Å². The molecule has 0 spiro atoms. The fraction of sp³-hybridized carbons (Fsp3) is 0.538. The predicted octanol–water partition coefficient (Wildman–Crippen LogP) is 2.20. The van der Waals surface area contributed by atoms with Gasteiger partial charge in [0.15, 0.2) is 0 Å². The summed E-state index contributed by atoms with van der Waals surface area (Å²) in [6.45, 7) is 3.38. The molecular weight excluding hydrogens is 285 g/mol. The molecule has 0 radical (unpaired) electrons. The molecule has 1 N–H and O–H groups in total. The van der Waals surface area contributed by atoms with Gasteiger partial charge in [-0.15, -0.1) is 12.4 Å². The molecule has 1 aliphatic heterocycles. The molecule has 5 nitrogen and oxygen atoms in total. The molecule has 112 valence electrons. The second-order valence-electron chi connectivity index (χ2n) is 4.98. The number of nitrogens with zero attached hydrogens (tertiary/aromatic N) is 2. The first-order chi connectivity index (χ1) is 9.10. The normalized spacial score (nSPS) is 18.8. The number of non-ortho nitro benzene ring substituents is 1. The third kappa shape index (κ3) is 4.13. The number of nitro benzene ring substituents is 1. The first-order valence-electron chi connectivity index (χ1n) is 6.40. The molecule has 1 unspecified atom stereocenters. The lowest BCUT2D eigenvalue weighted by molar-refractivity contribution is -0.385. The predicted molar refractivity (Wildman–Crippen MR) is 77.6 cm³/mol. The molecule has 2 rings (SSSR count). The maximum absolute atomic E-state index is 13.8. The van der Waals surface area contributed by atoms with E-state index in [0.29, 0.717) is 18.0 Å². The highest BCUT2D eigenvalue weighted by Crippen LogP contribution is 2.21. The lowest BCUT2D eigenvalue weighted by Gasteiger charge is -2.16. The third-order valence-electron chi connectivity index (χ3n) is 3.50. The second-order valence-corrected chi connectivity index (χ2v) is 4.98. The summed E-state index contributed by atoms with van der Waals surface area (Å²) < 4.78 is 13.8. The van der Waals surface area contributed by atoms with Crippen LogP contribution in [0.1, 0.15) is 12.0 Å². The molecule has 1 aliphatic rings. The summed E-state index contributed by atoms with van der Waals surface area (Å²) in [7, 11) is 1.93. The lowest BCUT2D eigenvalue weighted by atomic mass is 10.1. The molecule has 20 heavy (non-hydrogen) atoms. The molecule has 0 saturated carbocycles. The Bertz CT molecular complexity index is 473. The Morgan fingerprint density at radius 1 is 1.55 bits per heavy atom. The Balaban J connectivity index is 0.00000200. The summed E-state index contributed by atoms with van der Waals surface area (Å²) in [5.74, 6) is 0.109. The van der Waals surface area contributed by atoms with Crippen LogP contribution in [-0.4, -0.2) is 36.5 Å². The van der Waals surface area contributed by atoms with Gasteiger partial charge in [0.2, 0.25) is 0 Å². The first-order valence-corrected chi connectivity index (χ1v) is 6.40. The Labute approximate surface area is 123 Å². The van der Waals surface area contributed by atoms with E-state index in [-0.39, 0.29) is 18.1 Å². The highest BCUT2D eigenvalue weighted by Gasteiger charge is 2.23. The van der Waals surface area contributed by atoms with Gasteiger partial charge in [-0.1, -0.05) is 0 Å². The standard InChI is InChI=1S/C13H18FN3O2.ClH/c1-15-7-10-4-5-16(8-10)9-11-2-3-12(17(18)19)6-13(11)14;/h2-3,6,10,15H,4-5,7-9H2,1H3;1H. The van der Waals surface area contributed by atoms with E-state index in [1.54, 1.807) is 0 Å². The monoisotopic (exact) mass is 303 g/mol. The van der Waals surface area contributed by atoms with Crippen LogP contribution >= 0.6 is 12.4 Å². The van der Waals surface area contributed by atoms with Gasteiger partial charge in [0, 0.05) is 24.7 Å². The summed E-state index contributed by atoms with van der Waals surface area (Å²) in [6, 6.07) is 3.87. The molecule has 1 aromatic rings. The van der Waals surface area contributed by atoms with Gasteiger partial charge < -0.3 is 5.32 Å². The molecule has 1 fully saturated rings. The van der Waals surface area contributed by atoms with Crippen LogP contribution in [0.15, 0.2) is 18.2 Å². The number of likely N-dealkylation sites (tertiary alicyclic amines) is 1. The number of hydrogen-bond donors (Lipinski definition) is 1. The topological polar surface area (TPSA) is 58.4 Å². The minimum absolute atomic E-state index is 0. The zero-order valence-electron chi connectivity index (χ0n) is 11.3. The molecule has 1 aromatic carbocycles. The summed E-state index contributed by atoms with van der Waals surface area (Å²) in [5, 5.41) is 13.7. The van der Waals surface area contributed by atoms with E-state index in [0.717, 1.165) is 32.1 Å². The van der Waals surface area contributed by atoms with Crippen LogP contribution < -0.4 is 5.32 Å². The molecule has 0 aromatic heterocycles. The van der Waals surface area contributed by atoms with Crippen molar-refractivity contribution in [2.75, 3.05) is 26.7 Å². The van der Waals surface area contributed by atoms with Gasteiger partial charge in [0.25, 0.3) is 5.69 Å². The van der Waals surface area contributed by atoms with E-state index in [1.165, 1.54) is 12.1 Å². The van der Waals surface area contributed by atoms with Crippen molar-refractivity contribution in [1.29, 1.82) is 0 Å². The number of rotatable bonds is 5. The molecule has 7 heteroatoms. The zero-order chi connectivity index (χ0) is 13.8. The van der Waals surface area contributed by atoms with E-state index >= 15 is 0 Å². The van der Waals surface area contributed by atoms with E-state index in [9.17, 15) is 14.5 Å². The number of nitrogens with one attached hydrogen (secondary N) is 1. The fourth-order valence-corrected chi connectivity index (χ4v) is 2.53. The van der Waals surface area contributed by atoms with Crippen molar-refractivity contribution in [2.45, 2.75) is 13.0 Å². The van der Waals surface area contributed by atoms with Gasteiger partial charge in [-0.05, 0) is 38.5 Å². The quantitative estimate of drug-likeness (QED) is 0.669. The Morgan fingerprint density at radius 3 is 2.90 bits per heavy atom. The van der Waals surface area contributed by atoms with Gasteiger partial charge >= 0.3 is 0 Å². The Hall–Kier alpha value is -1.24. The SMILES string of the molecule is CNCC1CCN(Cc2ccc([N+](=O)[O-])cc2F)C1.Cl. The van der Waals surface area contributed by atoms with Crippen molar-refractivity contribution in [1.82, 2.24) is 10.2 Å². The molecule has 1 atom stereocenters. The molecule has 0 amide bonds. The maximum atomic E-state index is 13.8. The smallest absolute Gasteiger partial charge is 0.272 e. The third-order valence-corrected chi connectivity index (χ3v) is 3.50. The maximum Gasteiger partial charge on any atom is 0.272 e. The largest absolute Gasteiger partial charge is 0.319 e. The van der Waals surface area contributed by atoms with Crippen LogP contribution in [0.2, 0.25) is 0 Å². The van der Waals surface area contributed by atoms with Crippen molar-refractivity contribution < 1.29 is 9.31 Å². The van der Waals surface area contributed by atoms with Crippen LogP contribution in [0.4, 0.5) is 10.1 Å². The molecule has 0 bridgehead atoms. The first kappa shape index (κ1) is 16.8. The summed E-state index contributed by atoms with van der Waals surface area (Å²) in [5.41, 5.74) is 0.325. The molecule has 0 aliphatic carbocycles. The van der Waals surface area contributed by atoms with Crippen LogP contribution in [0.3, 0.4) is 0 Å². The fourth-order valence-electron chi connectivity index (χ4n) is 2.53. The highest BCUT2D eigenvalue weighted by molar-refractivity contribution is 5.85. The van der Waals surface area contributed by atoms with Gasteiger partial charge in [0.05, 0.1) is 11.0 Å². The van der Waals surface area contributed by atoms with Gasteiger partial charge in [0.1, 0.15) is 5.82 Å². The van der Waals surface area contributed by atoms with E-state index in [1.807, 2.05) is 7.05 Å². The van der Waals surface area contributed by atoms with Crippen molar-refractivity contribution in [3.05, 3.63) is 39.7 Å². The number of benzene rings is 1. The van der Waals surface area contributed by atoms with Crippen molar-refractivity contribution in [3.63, 3.8) is 0 Å². The summed E-state index contributed by atoms with van der Waals surface area (Å²) >= 11 is 0. The number of hydrogen-bond acceptors (Lipinski definition) is 4. The van der Waals surface area contributed by atoms with Crippen molar-refractivity contribution >= 4 is 18.1 Å². The van der Waals surface area contributed by atoms with Crippen LogP contribution in [0, 0.1) is 21.8 Å². The van der Waals surface area contributed by atoms with Gasteiger partial charge in [-0.2, -0.15) is 0 Å². The summed E-state index contributed by atoms with van der Waals surface area (Å²) in [6.07, 6.45) is 1.11. The average molecular weight is 304 g/mol. The van der Waals surface area contributed by atoms with E-state index in [4.69, 9.17) is 0 Å². The second kappa shape index (κ2) is 7.52.